The summed E-state index contributed by atoms with van der Waals surface area (Å²) in [5, 5.41) is 26.1. The minimum absolute atomic E-state index is 0.0153. The summed E-state index contributed by atoms with van der Waals surface area (Å²) in [7, 11) is 3.76. The Labute approximate surface area is 160 Å². The number of nitro groups is 1. The summed E-state index contributed by atoms with van der Waals surface area (Å²) in [5.74, 6) is 0.348. The van der Waals surface area contributed by atoms with Crippen molar-refractivity contribution < 1.29 is 19.2 Å². The summed E-state index contributed by atoms with van der Waals surface area (Å²) in [6.07, 6.45) is -0.863. The van der Waals surface area contributed by atoms with Gasteiger partial charge in [-0.2, -0.15) is 0 Å². The quantitative estimate of drug-likeness (QED) is 0.267. The highest BCUT2D eigenvalue weighted by molar-refractivity contribution is 5.28. The van der Waals surface area contributed by atoms with E-state index in [9.17, 15) is 15.2 Å². The Hall–Kier alpha value is -2.20. The number of nitrogens with zero attached hydrogens (tertiary/aromatic N) is 2. The van der Waals surface area contributed by atoms with E-state index in [0.29, 0.717) is 5.75 Å². The fraction of sp³-hybridized carbons (Fsp3) is 0.556. The molecule has 0 amide bonds. The third-order valence-electron chi connectivity index (χ3n) is 4.32. The Balaban J connectivity index is 0.00000176. The van der Waals surface area contributed by atoms with E-state index in [1.807, 2.05) is 18.2 Å². The molecule has 9 heteroatoms. The number of likely N-dealkylation sites (N-methyl/N-ethyl adjacent to an activating group) is 1. The van der Waals surface area contributed by atoms with E-state index in [2.05, 4.69) is 36.1 Å². The van der Waals surface area contributed by atoms with Crippen molar-refractivity contribution in [1.82, 2.24) is 10.6 Å². The Kier molecular flexibility index (Phi) is 9.73. The Morgan fingerprint density at radius 3 is 2.78 bits per heavy atom. The van der Waals surface area contributed by atoms with E-state index in [4.69, 9.17) is 4.74 Å². The zero-order chi connectivity index (χ0) is 20.3. The molecule has 1 heterocycles. The Morgan fingerprint density at radius 1 is 1.48 bits per heavy atom. The minimum Gasteiger partial charge on any atom is -0.491 e. The van der Waals surface area contributed by atoms with Crippen molar-refractivity contribution in [3.63, 3.8) is 0 Å². The van der Waals surface area contributed by atoms with Crippen molar-refractivity contribution in [2.24, 2.45) is 5.73 Å². The second-order valence-corrected chi connectivity index (χ2v) is 6.67. The molecule has 1 aromatic carbocycles. The molecule has 1 aromatic rings. The van der Waals surface area contributed by atoms with Gasteiger partial charge in [-0.15, -0.1) is 0 Å². The SMILES string of the molecule is C=C(NCC(O)COc1cccc(C[N+]2(C)CCNCC2)c1)[N+](=O)[O-].CN. The number of hydrogen-bond acceptors (Lipinski definition) is 7. The van der Waals surface area contributed by atoms with Gasteiger partial charge in [0.2, 0.25) is 0 Å². The van der Waals surface area contributed by atoms with Gasteiger partial charge in [0, 0.05) is 18.7 Å². The van der Waals surface area contributed by atoms with Crippen LogP contribution in [-0.4, -0.2) is 74.0 Å². The van der Waals surface area contributed by atoms with E-state index in [1.165, 1.54) is 12.6 Å². The summed E-state index contributed by atoms with van der Waals surface area (Å²) in [6, 6.07) is 7.86. The Bertz CT molecular complexity index is 605. The molecular weight excluding hydrogens is 350 g/mol. The van der Waals surface area contributed by atoms with Crippen LogP contribution in [0.15, 0.2) is 36.7 Å². The van der Waals surface area contributed by atoms with Crippen molar-refractivity contribution >= 4 is 0 Å². The van der Waals surface area contributed by atoms with Crippen LogP contribution in [0.3, 0.4) is 0 Å². The molecule has 0 radical (unpaired) electrons. The molecule has 27 heavy (non-hydrogen) atoms. The number of piperazine rings is 1. The van der Waals surface area contributed by atoms with Crippen LogP contribution < -0.4 is 21.1 Å². The maximum absolute atomic E-state index is 10.4. The van der Waals surface area contributed by atoms with Crippen molar-refractivity contribution in [1.29, 1.82) is 0 Å². The number of aliphatic hydroxyl groups excluding tert-OH is 1. The predicted molar refractivity (Wildman–Crippen MR) is 105 cm³/mol. The minimum atomic E-state index is -0.863. The highest BCUT2D eigenvalue weighted by Crippen LogP contribution is 2.18. The smallest absolute Gasteiger partial charge is 0.309 e. The first-order chi connectivity index (χ1) is 12.9. The first-order valence-electron chi connectivity index (χ1n) is 8.97. The molecule has 0 aliphatic carbocycles. The predicted octanol–water partition coefficient (Wildman–Crippen LogP) is -0.111. The number of rotatable bonds is 9. The van der Waals surface area contributed by atoms with Gasteiger partial charge in [0.1, 0.15) is 31.5 Å². The number of nitrogens with one attached hydrogen (secondary N) is 2. The molecule has 1 unspecified atom stereocenters. The summed E-state index contributed by atoms with van der Waals surface area (Å²) in [5.41, 5.74) is 5.69. The van der Waals surface area contributed by atoms with Crippen LogP contribution in [0.4, 0.5) is 0 Å². The van der Waals surface area contributed by atoms with Crippen molar-refractivity contribution in [2.75, 3.05) is 53.4 Å². The van der Waals surface area contributed by atoms with Crippen LogP contribution in [0.25, 0.3) is 0 Å². The third-order valence-corrected chi connectivity index (χ3v) is 4.32. The van der Waals surface area contributed by atoms with Crippen LogP contribution >= 0.6 is 0 Å². The van der Waals surface area contributed by atoms with Crippen molar-refractivity contribution in [2.45, 2.75) is 12.6 Å². The zero-order valence-electron chi connectivity index (χ0n) is 16.2. The number of quaternary nitrogens is 1. The molecule has 5 N–H and O–H groups in total. The van der Waals surface area contributed by atoms with Gasteiger partial charge >= 0.3 is 5.82 Å². The second kappa shape index (κ2) is 11.5. The number of aliphatic hydroxyl groups is 1. The van der Waals surface area contributed by atoms with Crippen LogP contribution in [0.1, 0.15) is 5.56 Å². The van der Waals surface area contributed by atoms with E-state index in [0.717, 1.165) is 37.2 Å². The molecular formula is C18H32N5O4+. The number of benzene rings is 1. The van der Waals surface area contributed by atoms with Crippen LogP contribution in [0.2, 0.25) is 0 Å². The molecule has 1 saturated heterocycles. The summed E-state index contributed by atoms with van der Waals surface area (Å²) in [6.45, 7) is 8.50. The summed E-state index contributed by atoms with van der Waals surface area (Å²) < 4.78 is 6.61. The maximum Gasteiger partial charge on any atom is 0.309 e. The molecule has 1 fully saturated rings. The van der Waals surface area contributed by atoms with Crippen LogP contribution in [0.5, 0.6) is 5.75 Å². The average Bonchev–Trinajstić information content (AvgIpc) is 2.66. The van der Waals surface area contributed by atoms with Crippen molar-refractivity contribution in [3.05, 3.63) is 52.3 Å². The normalized spacial score (nSPS) is 16.4. The summed E-state index contributed by atoms with van der Waals surface area (Å²) in [4.78, 5) is 9.82. The Morgan fingerprint density at radius 2 is 2.15 bits per heavy atom. The average molecular weight is 382 g/mol. The molecule has 1 atom stereocenters. The van der Waals surface area contributed by atoms with E-state index < -0.39 is 11.0 Å². The largest absolute Gasteiger partial charge is 0.491 e. The molecule has 2 rings (SSSR count). The van der Waals surface area contributed by atoms with Gasteiger partial charge in [-0.3, -0.25) is 5.32 Å². The topological polar surface area (TPSA) is 123 Å². The van der Waals surface area contributed by atoms with E-state index in [1.54, 1.807) is 0 Å². The third kappa shape index (κ3) is 8.35. The van der Waals surface area contributed by atoms with Gasteiger partial charge in [-0.25, -0.2) is 0 Å². The number of hydrogen-bond donors (Lipinski definition) is 4. The molecule has 9 nitrogen and oxygen atoms in total. The van der Waals surface area contributed by atoms with Crippen LogP contribution in [-0.2, 0) is 6.54 Å². The zero-order valence-corrected chi connectivity index (χ0v) is 16.2. The van der Waals surface area contributed by atoms with Gasteiger partial charge in [-0.05, 0) is 30.7 Å². The van der Waals surface area contributed by atoms with Crippen molar-refractivity contribution in [3.8, 4) is 5.75 Å². The van der Waals surface area contributed by atoms with Crippen LogP contribution in [0, 0.1) is 10.1 Å². The van der Waals surface area contributed by atoms with E-state index in [-0.39, 0.29) is 19.0 Å². The summed E-state index contributed by atoms with van der Waals surface area (Å²) >= 11 is 0. The van der Waals surface area contributed by atoms with Gasteiger partial charge in [-0.1, -0.05) is 12.1 Å². The first-order valence-corrected chi connectivity index (χ1v) is 8.97. The first kappa shape index (κ1) is 22.8. The number of ether oxygens (including phenoxy) is 1. The molecule has 0 saturated carbocycles. The highest BCUT2D eigenvalue weighted by atomic mass is 16.6. The van der Waals surface area contributed by atoms with Gasteiger partial charge in [0.15, 0.2) is 0 Å². The number of nitrogens with two attached hydrogens (primary N) is 1. The van der Waals surface area contributed by atoms with Gasteiger partial charge < -0.3 is 35.5 Å². The second-order valence-electron chi connectivity index (χ2n) is 6.67. The van der Waals surface area contributed by atoms with Gasteiger partial charge in [0.25, 0.3) is 0 Å². The van der Waals surface area contributed by atoms with Gasteiger partial charge in [0.05, 0.1) is 20.1 Å². The maximum atomic E-state index is 10.4. The molecule has 0 aromatic heterocycles. The lowest BCUT2D eigenvalue weighted by molar-refractivity contribution is -0.924. The molecule has 152 valence electrons. The molecule has 1 aliphatic rings. The van der Waals surface area contributed by atoms with E-state index >= 15 is 0 Å². The highest BCUT2D eigenvalue weighted by Gasteiger charge is 2.24. The fourth-order valence-electron chi connectivity index (χ4n) is 2.82. The fourth-order valence-corrected chi connectivity index (χ4v) is 2.82. The monoisotopic (exact) mass is 382 g/mol. The molecule has 0 bridgehead atoms. The lowest BCUT2D eigenvalue weighted by Gasteiger charge is -2.38. The molecule has 1 aliphatic heterocycles. The molecule has 0 spiro atoms. The standard InChI is InChI=1S/C17H27N4O4.CH5N/c1-14(20(23)24)19-11-16(22)13-25-17-5-3-4-15(10-17)12-21(2)8-6-18-7-9-21;1-2/h3-5,10,16,18-19,22H,1,6-9,11-13H2,2H3;2H2,1H3/q+1;. The lowest BCUT2D eigenvalue weighted by atomic mass is 10.1. The lowest BCUT2D eigenvalue weighted by Crippen LogP contribution is -2.55.